The summed E-state index contributed by atoms with van der Waals surface area (Å²) in [4.78, 5) is 14.7. The van der Waals surface area contributed by atoms with Crippen LogP contribution in [0.3, 0.4) is 0 Å². The standard InChI is InChI=1S/C22H31N4O3/c1-7-26(8-2)17-13-14-18(20(16-17)29-9-3)25(5)23-21(22(27)28-6)19-12-10-11-15-24(19)4/h10-16H,7-9H2,1-6H3/q+1. The van der Waals surface area contributed by atoms with Crippen molar-refractivity contribution in [2.24, 2.45) is 12.1 Å². The Bertz CT molecular complexity index is 863. The number of carbonyl (C=O) groups excluding carboxylic acids is 1. The number of carbonyl (C=O) groups is 1. The molecule has 156 valence electrons. The van der Waals surface area contributed by atoms with Crippen LogP contribution in [0.15, 0.2) is 47.7 Å². The van der Waals surface area contributed by atoms with Crippen molar-refractivity contribution in [3.8, 4) is 5.75 Å². The highest BCUT2D eigenvalue weighted by atomic mass is 16.5. The van der Waals surface area contributed by atoms with Crippen molar-refractivity contribution in [1.29, 1.82) is 0 Å². The molecule has 0 N–H and O–H groups in total. The van der Waals surface area contributed by atoms with Gasteiger partial charge in [-0.3, -0.25) is 5.01 Å². The molecule has 0 spiro atoms. The molecule has 1 aromatic carbocycles. The molecular weight excluding hydrogens is 368 g/mol. The van der Waals surface area contributed by atoms with Crippen molar-refractivity contribution < 1.29 is 18.8 Å². The first-order chi connectivity index (χ1) is 14.0. The van der Waals surface area contributed by atoms with E-state index in [0.29, 0.717) is 18.1 Å². The van der Waals surface area contributed by atoms with Crippen LogP contribution in [0.25, 0.3) is 0 Å². The van der Waals surface area contributed by atoms with Crippen LogP contribution in [-0.4, -0.2) is 45.5 Å². The topological polar surface area (TPSA) is 58.3 Å². The molecule has 0 aliphatic carbocycles. The van der Waals surface area contributed by atoms with E-state index in [2.05, 4.69) is 23.8 Å². The lowest BCUT2D eigenvalue weighted by molar-refractivity contribution is -0.672. The molecule has 29 heavy (non-hydrogen) atoms. The van der Waals surface area contributed by atoms with Gasteiger partial charge in [0.25, 0.3) is 0 Å². The number of aryl methyl sites for hydroxylation is 1. The number of benzene rings is 1. The number of aromatic nitrogens is 1. The Labute approximate surface area is 173 Å². The van der Waals surface area contributed by atoms with Crippen molar-refractivity contribution >= 4 is 23.1 Å². The van der Waals surface area contributed by atoms with E-state index in [4.69, 9.17) is 9.47 Å². The van der Waals surface area contributed by atoms with Gasteiger partial charge < -0.3 is 14.4 Å². The zero-order valence-corrected chi connectivity index (χ0v) is 18.2. The van der Waals surface area contributed by atoms with Crippen molar-refractivity contribution in [1.82, 2.24) is 0 Å². The van der Waals surface area contributed by atoms with E-state index in [1.54, 1.807) is 12.1 Å². The van der Waals surface area contributed by atoms with Gasteiger partial charge in [-0.25, -0.2) is 4.79 Å². The third-order valence-corrected chi connectivity index (χ3v) is 4.65. The van der Waals surface area contributed by atoms with E-state index in [1.807, 2.05) is 61.1 Å². The fourth-order valence-corrected chi connectivity index (χ4v) is 3.09. The van der Waals surface area contributed by atoms with Gasteiger partial charge in [-0.05, 0) is 39.0 Å². The third kappa shape index (κ3) is 5.25. The number of rotatable bonds is 9. The van der Waals surface area contributed by atoms with Gasteiger partial charge in [0.05, 0.1) is 13.7 Å². The van der Waals surface area contributed by atoms with Gasteiger partial charge in [-0.15, -0.1) is 0 Å². The fourth-order valence-electron chi connectivity index (χ4n) is 3.09. The van der Waals surface area contributed by atoms with E-state index < -0.39 is 5.97 Å². The molecule has 0 fully saturated rings. The van der Waals surface area contributed by atoms with E-state index in [0.717, 1.165) is 24.5 Å². The zero-order valence-electron chi connectivity index (χ0n) is 18.2. The summed E-state index contributed by atoms with van der Waals surface area (Å²) in [6, 6.07) is 11.6. The molecule has 0 radical (unpaired) electrons. The number of pyridine rings is 1. The minimum absolute atomic E-state index is 0.216. The second kappa shape index (κ2) is 10.5. The van der Waals surface area contributed by atoms with Gasteiger partial charge in [-0.1, -0.05) is 0 Å². The molecule has 0 aliphatic heterocycles. The second-order valence-corrected chi connectivity index (χ2v) is 6.42. The molecular formula is C22H31N4O3+. The Morgan fingerprint density at radius 3 is 2.45 bits per heavy atom. The fraction of sp³-hybridized carbons (Fsp3) is 0.409. The summed E-state index contributed by atoms with van der Waals surface area (Å²) in [6.07, 6.45) is 1.86. The van der Waals surface area contributed by atoms with Crippen molar-refractivity contribution in [3.05, 3.63) is 48.3 Å². The predicted molar refractivity (Wildman–Crippen MR) is 116 cm³/mol. The highest BCUT2D eigenvalue weighted by Gasteiger charge is 2.24. The number of esters is 1. The number of hydrogen-bond acceptors (Lipinski definition) is 6. The number of methoxy groups -OCH3 is 1. The average Bonchev–Trinajstić information content (AvgIpc) is 2.73. The number of ether oxygens (including phenoxy) is 2. The van der Waals surface area contributed by atoms with Crippen LogP contribution in [0, 0.1) is 0 Å². The van der Waals surface area contributed by atoms with Gasteiger partial charge in [0.2, 0.25) is 11.4 Å². The molecule has 1 heterocycles. The van der Waals surface area contributed by atoms with Gasteiger partial charge in [0.15, 0.2) is 6.20 Å². The number of hydrogen-bond donors (Lipinski definition) is 0. The van der Waals surface area contributed by atoms with Gasteiger partial charge >= 0.3 is 5.97 Å². The Kier molecular flexibility index (Phi) is 8.00. The first-order valence-electron chi connectivity index (χ1n) is 9.84. The highest BCUT2D eigenvalue weighted by Crippen LogP contribution is 2.32. The van der Waals surface area contributed by atoms with Gasteiger partial charge in [0.1, 0.15) is 18.5 Å². The average molecular weight is 400 g/mol. The molecule has 0 atom stereocenters. The summed E-state index contributed by atoms with van der Waals surface area (Å²) in [5.74, 6) is 0.209. The first kappa shape index (κ1) is 22.2. The molecule has 0 aliphatic rings. The molecule has 0 bridgehead atoms. The lowest BCUT2D eigenvalue weighted by atomic mass is 10.2. The largest absolute Gasteiger partial charge is 0.492 e. The Morgan fingerprint density at radius 2 is 1.86 bits per heavy atom. The highest BCUT2D eigenvalue weighted by molar-refractivity contribution is 6.42. The van der Waals surface area contributed by atoms with Crippen LogP contribution in [-0.2, 0) is 16.6 Å². The third-order valence-electron chi connectivity index (χ3n) is 4.65. The van der Waals surface area contributed by atoms with Crippen LogP contribution in [0.2, 0.25) is 0 Å². The molecule has 0 saturated heterocycles. The van der Waals surface area contributed by atoms with Crippen LogP contribution in [0.1, 0.15) is 26.5 Å². The summed E-state index contributed by atoms with van der Waals surface area (Å²) in [6.45, 7) is 8.54. The molecule has 7 nitrogen and oxygen atoms in total. The predicted octanol–water partition coefficient (Wildman–Crippen LogP) is 2.77. The number of nitrogens with zero attached hydrogens (tertiary/aromatic N) is 4. The van der Waals surface area contributed by atoms with Crippen molar-refractivity contribution in [2.45, 2.75) is 20.8 Å². The molecule has 0 saturated carbocycles. The maximum absolute atomic E-state index is 12.4. The summed E-state index contributed by atoms with van der Waals surface area (Å²) < 4.78 is 12.7. The van der Waals surface area contributed by atoms with Crippen LogP contribution in [0.5, 0.6) is 5.75 Å². The van der Waals surface area contributed by atoms with Crippen LogP contribution < -0.4 is 19.2 Å². The minimum atomic E-state index is -0.503. The Hall–Kier alpha value is -3.09. The number of anilines is 2. The van der Waals surface area contributed by atoms with E-state index >= 15 is 0 Å². The quantitative estimate of drug-likeness (QED) is 0.281. The number of hydrazone groups is 1. The first-order valence-corrected chi connectivity index (χ1v) is 9.84. The smallest absolute Gasteiger partial charge is 0.365 e. The van der Waals surface area contributed by atoms with Crippen molar-refractivity contribution in [2.75, 3.05) is 43.8 Å². The minimum Gasteiger partial charge on any atom is -0.492 e. The van der Waals surface area contributed by atoms with E-state index in [1.165, 1.54) is 7.11 Å². The maximum Gasteiger partial charge on any atom is 0.365 e. The van der Waals surface area contributed by atoms with Gasteiger partial charge in [0, 0.05) is 44.0 Å². The second-order valence-electron chi connectivity index (χ2n) is 6.42. The van der Waals surface area contributed by atoms with Crippen molar-refractivity contribution in [3.63, 3.8) is 0 Å². The van der Waals surface area contributed by atoms with E-state index in [9.17, 15) is 4.79 Å². The summed E-state index contributed by atoms with van der Waals surface area (Å²) in [5, 5.41) is 6.22. The molecule has 1 aromatic heterocycles. The Morgan fingerprint density at radius 1 is 1.14 bits per heavy atom. The van der Waals surface area contributed by atoms with Crippen LogP contribution in [0.4, 0.5) is 11.4 Å². The zero-order chi connectivity index (χ0) is 21.4. The maximum atomic E-state index is 12.4. The van der Waals surface area contributed by atoms with Crippen LogP contribution >= 0.6 is 0 Å². The normalized spacial score (nSPS) is 11.2. The lowest BCUT2D eigenvalue weighted by Crippen LogP contribution is -2.39. The Balaban J connectivity index is 2.51. The molecule has 0 unspecified atom stereocenters. The van der Waals surface area contributed by atoms with Gasteiger partial charge in [-0.2, -0.15) is 9.67 Å². The molecule has 2 aromatic rings. The summed E-state index contributed by atoms with van der Waals surface area (Å²) >= 11 is 0. The van der Waals surface area contributed by atoms with E-state index in [-0.39, 0.29) is 5.71 Å². The molecule has 0 amide bonds. The summed E-state index contributed by atoms with van der Waals surface area (Å²) in [5.41, 5.74) is 2.72. The SMILES string of the molecule is CCOc1cc(N(CC)CC)ccc1N(C)/N=C(\C(=O)OC)c1cccc[n+]1C. The lowest BCUT2D eigenvalue weighted by Gasteiger charge is -2.24. The molecule has 7 heteroatoms. The monoisotopic (exact) mass is 399 g/mol. The molecule has 2 rings (SSSR count). The summed E-state index contributed by atoms with van der Waals surface area (Å²) in [7, 11) is 5.00.